The van der Waals surface area contributed by atoms with Crippen molar-refractivity contribution < 1.29 is 17.9 Å². The number of carbonyl (C=O) groups excluding carboxylic acids is 1. The number of rotatable bonds is 7. The summed E-state index contributed by atoms with van der Waals surface area (Å²) in [5, 5.41) is 3.07. The van der Waals surface area contributed by atoms with E-state index in [1.807, 2.05) is 18.7 Å². The molecule has 4 heterocycles. The van der Waals surface area contributed by atoms with Crippen LogP contribution in [-0.2, 0) is 9.84 Å². The molecule has 0 radical (unpaired) electrons. The molecule has 0 spiro atoms. The van der Waals surface area contributed by atoms with Crippen molar-refractivity contribution in [1.29, 1.82) is 0 Å². The molecule has 10 heteroatoms. The smallest absolute Gasteiger partial charge is 0.253 e. The minimum Gasteiger partial charge on any atom is -0.477 e. The number of carbonyl (C=O) groups is 1. The lowest BCUT2D eigenvalue weighted by Crippen LogP contribution is -2.40. The molecule has 0 saturated carbocycles. The third kappa shape index (κ3) is 4.67. The second-order valence-electron chi connectivity index (χ2n) is 9.59. The Morgan fingerprint density at radius 3 is 2.76 bits per heavy atom. The summed E-state index contributed by atoms with van der Waals surface area (Å²) in [7, 11) is -4.15. The fourth-order valence-electron chi connectivity index (χ4n) is 4.85. The van der Waals surface area contributed by atoms with Crippen LogP contribution in [0.1, 0.15) is 44.0 Å². The summed E-state index contributed by atoms with van der Waals surface area (Å²) in [6, 6.07) is 5.92. The molecule has 2 aromatic rings. The zero-order valence-electron chi connectivity index (χ0n) is 19.2. The summed E-state index contributed by atoms with van der Waals surface area (Å²) in [6.45, 7) is 9.13. The summed E-state index contributed by atoms with van der Waals surface area (Å²) < 4.78 is 32.9. The molecule has 2 aliphatic rings. The van der Waals surface area contributed by atoms with Crippen LogP contribution in [0.3, 0.4) is 0 Å². The first-order chi connectivity index (χ1) is 15.6. The number of anilines is 1. The Kier molecular flexibility index (Phi) is 6.32. The van der Waals surface area contributed by atoms with Crippen LogP contribution >= 0.6 is 0 Å². The summed E-state index contributed by atoms with van der Waals surface area (Å²) in [5.41, 5.74) is 5.31. The lowest BCUT2D eigenvalue weighted by atomic mass is 9.97. The first-order valence-corrected chi connectivity index (χ1v) is 12.7. The average Bonchev–Trinajstić information content (AvgIpc) is 3.38. The number of nitrogens with one attached hydrogen (secondary N) is 1. The Labute approximate surface area is 194 Å². The van der Waals surface area contributed by atoms with Crippen molar-refractivity contribution in [2.45, 2.75) is 49.1 Å². The average molecular weight is 474 g/mol. The van der Waals surface area contributed by atoms with Crippen LogP contribution in [0.25, 0.3) is 0 Å². The highest BCUT2D eigenvalue weighted by atomic mass is 32.2. The molecular formula is C23H31N5O4S. The van der Waals surface area contributed by atoms with Crippen molar-refractivity contribution >= 4 is 21.6 Å². The molecule has 4 rings (SSSR count). The van der Waals surface area contributed by atoms with Gasteiger partial charge >= 0.3 is 0 Å². The third-order valence-electron chi connectivity index (χ3n) is 6.36. The minimum atomic E-state index is -4.15. The van der Waals surface area contributed by atoms with Gasteiger partial charge < -0.3 is 20.7 Å². The Morgan fingerprint density at radius 2 is 2.12 bits per heavy atom. The first kappa shape index (κ1) is 23.4. The molecule has 2 atom stereocenters. The van der Waals surface area contributed by atoms with E-state index in [9.17, 15) is 13.2 Å². The molecule has 9 nitrogen and oxygen atoms in total. The van der Waals surface area contributed by atoms with Crippen molar-refractivity contribution in [2.75, 3.05) is 31.1 Å². The number of hydrogen-bond acceptors (Lipinski definition) is 8. The van der Waals surface area contributed by atoms with Crippen LogP contribution < -0.4 is 20.7 Å². The number of hydrogen-bond donors (Lipinski definition) is 2. The molecule has 178 valence electrons. The highest BCUT2D eigenvalue weighted by Gasteiger charge is 2.40. The van der Waals surface area contributed by atoms with E-state index in [2.05, 4.69) is 22.2 Å². The maximum atomic E-state index is 13.6. The van der Waals surface area contributed by atoms with Crippen molar-refractivity contribution in [3.8, 4) is 5.88 Å². The molecule has 2 saturated heterocycles. The van der Waals surface area contributed by atoms with Gasteiger partial charge in [0.1, 0.15) is 11.4 Å². The van der Waals surface area contributed by atoms with Crippen LogP contribution in [0.5, 0.6) is 5.88 Å². The van der Waals surface area contributed by atoms with Gasteiger partial charge in [0, 0.05) is 36.8 Å². The molecular weight excluding hydrogens is 442 g/mol. The maximum Gasteiger partial charge on any atom is 0.253 e. The van der Waals surface area contributed by atoms with Gasteiger partial charge in [0.25, 0.3) is 5.91 Å². The first-order valence-electron chi connectivity index (χ1n) is 11.2. The van der Waals surface area contributed by atoms with E-state index in [4.69, 9.17) is 10.5 Å². The molecule has 2 fully saturated rings. The number of ether oxygens (including phenoxy) is 1. The van der Waals surface area contributed by atoms with E-state index < -0.39 is 15.7 Å². The summed E-state index contributed by atoms with van der Waals surface area (Å²) >= 11 is 0. The minimum absolute atomic E-state index is 0.107. The van der Waals surface area contributed by atoms with Gasteiger partial charge in [0.15, 0.2) is 5.03 Å². The van der Waals surface area contributed by atoms with Gasteiger partial charge in [-0.3, -0.25) is 4.79 Å². The van der Waals surface area contributed by atoms with E-state index in [0.717, 1.165) is 25.9 Å². The third-order valence-corrected chi connectivity index (χ3v) is 8.06. The number of nitrogens with two attached hydrogens (primary N) is 1. The second-order valence-corrected chi connectivity index (χ2v) is 11.5. The van der Waals surface area contributed by atoms with Gasteiger partial charge in [-0.2, -0.15) is 0 Å². The van der Waals surface area contributed by atoms with Crippen LogP contribution in [-0.4, -0.2) is 56.1 Å². The monoisotopic (exact) mass is 473 g/mol. The summed E-state index contributed by atoms with van der Waals surface area (Å²) in [5.74, 6) is 0.412. The Bertz CT molecular complexity index is 1150. The van der Waals surface area contributed by atoms with Crippen LogP contribution in [0.15, 0.2) is 40.4 Å². The Hall–Kier alpha value is -2.72. The standard InChI is InChI=1S/C23H31N5O4S/c1-15-11-23(2,3)28(13-15)22-20(21(24)29)17(8-10-26-22)33(30,31)19-6-4-5-18(27-19)32-14-16-7-9-25-12-16/h4-6,8,10,15-16,25H,7,9,11-14H2,1-3H3,(H2,24,29). The predicted molar refractivity (Wildman–Crippen MR) is 124 cm³/mol. The van der Waals surface area contributed by atoms with E-state index in [-0.39, 0.29) is 26.9 Å². The van der Waals surface area contributed by atoms with Gasteiger partial charge in [-0.25, -0.2) is 18.4 Å². The number of nitrogens with zero attached hydrogens (tertiary/aromatic N) is 3. The number of amides is 1. The molecule has 0 aromatic carbocycles. The van der Waals surface area contributed by atoms with Gasteiger partial charge in [-0.05, 0) is 51.3 Å². The van der Waals surface area contributed by atoms with Gasteiger partial charge in [-0.1, -0.05) is 13.0 Å². The number of aromatic nitrogens is 2. The molecule has 2 unspecified atom stereocenters. The molecule has 2 aliphatic heterocycles. The van der Waals surface area contributed by atoms with Gasteiger partial charge in [0.2, 0.25) is 15.7 Å². The van der Waals surface area contributed by atoms with Gasteiger partial charge in [0.05, 0.1) is 11.5 Å². The highest BCUT2D eigenvalue weighted by Crippen LogP contribution is 2.39. The summed E-state index contributed by atoms with van der Waals surface area (Å²) in [4.78, 5) is 22.9. The number of sulfone groups is 1. The van der Waals surface area contributed by atoms with Gasteiger partial charge in [-0.15, -0.1) is 0 Å². The van der Waals surface area contributed by atoms with Crippen molar-refractivity contribution in [3.63, 3.8) is 0 Å². The van der Waals surface area contributed by atoms with E-state index in [1.54, 1.807) is 12.1 Å². The fourth-order valence-corrected chi connectivity index (χ4v) is 6.25. The van der Waals surface area contributed by atoms with Crippen molar-refractivity contribution in [1.82, 2.24) is 15.3 Å². The SMILES string of the molecule is CC1CN(c2nccc(S(=O)(=O)c3cccc(OCC4CCNC4)n3)c2C(N)=O)C(C)(C)C1. The predicted octanol–water partition coefficient (Wildman–Crippen LogP) is 2.02. The maximum absolute atomic E-state index is 13.6. The van der Waals surface area contributed by atoms with E-state index >= 15 is 0 Å². The highest BCUT2D eigenvalue weighted by molar-refractivity contribution is 7.91. The Morgan fingerprint density at radius 1 is 1.33 bits per heavy atom. The topological polar surface area (TPSA) is 128 Å². The van der Waals surface area contributed by atoms with Crippen LogP contribution in [0, 0.1) is 11.8 Å². The second kappa shape index (κ2) is 8.90. The van der Waals surface area contributed by atoms with E-state index in [0.29, 0.717) is 30.8 Å². The molecule has 0 aliphatic carbocycles. The largest absolute Gasteiger partial charge is 0.477 e. The summed E-state index contributed by atoms with van der Waals surface area (Å²) in [6.07, 6.45) is 3.30. The molecule has 1 amide bonds. The quantitative estimate of drug-likeness (QED) is 0.625. The molecule has 2 aromatic heterocycles. The number of primary amides is 1. The zero-order valence-corrected chi connectivity index (χ0v) is 20.1. The lowest BCUT2D eigenvalue weighted by Gasteiger charge is -2.33. The Balaban J connectivity index is 1.71. The fraction of sp³-hybridized carbons (Fsp3) is 0.522. The lowest BCUT2D eigenvalue weighted by molar-refractivity contribution is 0.0997. The van der Waals surface area contributed by atoms with E-state index in [1.165, 1.54) is 18.3 Å². The molecule has 3 N–H and O–H groups in total. The zero-order chi connectivity index (χ0) is 23.8. The van der Waals surface area contributed by atoms with Crippen LogP contribution in [0.4, 0.5) is 5.82 Å². The normalized spacial score (nSPS) is 22.5. The van der Waals surface area contributed by atoms with Crippen molar-refractivity contribution in [2.24, 2.45) is 17.6 Å². The molecule has 0 bridgehead atoms. The van der Waals surface area contributed by atoms with Crippen molar-refractivity contribution in [3.05, 3.63) is 36.0 Å². The van der Waals surface area contributed by atoms with Crippen LogP contribution in [0.2, 0.25) is 0 Å². The number of pyridine rings is 2. The molecule has 33 heavy (non-hydrogen) atoms.